The highest BCUT2D eigenvalue weighted by molar-refractivity contribution is 7.80. The van der Waals surface area contributed by atoms with Crippen molar-refractivity contribution in [2.75, 3.05) is 0 Å². The third kappa shape index (κ3) is 4.96. The van der Waals surface area contributed by atoms with Gasteiger partial charge in [-0.25, -0.2) is 9.59 Å². The van der Waals surface area contributed by atoms with Gasteiger partial charge in [-0.1, -0.05) is 18.3 Å². The summed E-state index contributed by atoms with van der Waals surface area (Å²) in [4.78, 5) is 26.9. The molecule has 2 heterocycles. The maximum atomic E-state index is 9.10. The molecule has 0 aliphatic heterocycles. The van der Waals surface area contributed by atoms with Crippen LogP contribution in [0.2, 0.25) is 0 Å². The van der Waals surface area contributed by atoms with Crippen LogP contribution in [0.3, 0.4) is 0 Å². The Labute approximate surface area is 125 Å². The highest BCUT2D eigenvalue weighted by Crippen LogP contribution is 2.18. The summed E-state index contributed by atoms with van der Waals surface area (Å²) in [5.41, 5.74) is 7.90. The van der Waals surface area contributed by atoms with E-state index in [4.69, 9.17) is 37.8 Å². The molecule has 0 radical (unpaired) electrons. The Balaban J connectivity index is 0.000000315. The Hall–Kier alpha value is -2.87. The van der Waals surface area contributed by atoms with Crippen LogP contribution >= 0.6 is 12.2 Å². The van der Waals surface area contributed by atoms with E-state index in [1.165, 1.54) is 0 Å². The molecule has 2 aromatic heterocycles. The van der Waals surface area contributed by atoms with E-state index in [1.54, 1.807) is 12.4 Å². The van der Waals surface area contributed by atoms with Gasteiger partial charge in [-0.3, -0.25) is 9.97 Å². The van der Waals surface area contributed by atoms with E-state index in [9.17, 15) is 0 Å². The number of nitrogens with two attached hydrogens (primary N) is 1. The van der Waals surface area contributed by atoms with E-state index in [2.05, 4.69) is 9.97 Å². The number of aliphatic carboxylic acids is 2. The molecule has 0 saturated heterocycles. The lowest BCUT2D eigenvalue weighted by atomic mass is 10.1. The van der Waals surface area contributed by atoms with Gasteiger partial charge in [0.15, 0.2) is 0 Å². The highest BCUT2D eigenvalue weighted by Gasteiger charge is 2.08. The number of aromatic nitrogens is 2. The molecule has 8 heteroatoms. The number of hydrogen-bond donors (Lipinski definition) is 3. The smallest absolute Gasteiger partial charge is 0.414 e. The van der Waals surface area contributed by atoms with Crippen LogP contribution < -0.4 is 5.73 Å². The molecule has 2 rings (SSSR count). The molecule has 21 heavy (non-hydrogen) atoms. The number of carboxylic acids is 2. The lowest BCUT2D eigenvalue weighted by Crippen LogP contribution is -2.13. The maximum Gasteiger partial charge on any atom is 0.414 e. The van der Waals surface area contributed by atoms with E-state index >= 15 is 0 Å². The first-order valence-corrected chi connectivity index (χ1v) is 5.96. The molecule has 0 fully saturated rings. The standard InChI is InChI=1S/C11H9N3S.C2H2O4/c12-11(15)10-8(4-3-7-14-10)9-5-1-2-6-13-9;3-1(4)2(5)6/h1-7H,(H2,12,15);(H,3,4)(H,5,6). The number of rotatable bonds is 2. The molecule has 0 saturated carbocycles. The average molecular weight is 305 g/mol. The Morgan fingerprint density at radius 1 is 1.00 bits per heavy atom. The van der Waals surface area contributed by atoms with Crippen molar-refractivity contribution >= 4 is 29.1 Å². The van der Waals surface area contributed by atoms with Gasteiger partial charge in [0.05, 0.1) is 5.69 Å². The molecule has 2 aromatic rings. The lowest BCUT2D eigenvalue weighted by molar-refractivity contribution is -0.159. The summed E-state index contributed by atoms with van der Waals surface area (Å²) in [5.74, 6) is -3.65. The Morgan fingerprint density at radius 3 is 2.10 bits per heavy atom. The number of carbonyl (C=O) groups is 2. The average Bonchev–Trinajstić information content (AvgIpc) is 2.48. The molecule has 4 N–H and O–H groups in total. The molecule has 0 spiro atoms. The van der Waals surface area contributed by atoms with Crippen LogP contribution in [-0.2, 0) is 9.59 Å². The molecule has 7 nitrogen and oxygen atoms in total. The third-order valence-corrected chi connectivity index (χ3v) is 2.36. The van der Waals surface area contributed by atoms with Crippen molar-refractivity contribution in [2.24, 2.45) is 5.73 Å². The second kappa shape index (κ2) is 7.65. The van der Waals surface area contributed by atoms with Crippen molar-refractivity contribution in [3.8, 4) is 11.3 Å². The van der Waals surface area contributed by atoms with Crippen LogP contribution in [0.25, 0.3) is 11.3 Å². The predicted molar refractivity (Wildman–Crippen MR) is 78.6 cm³/mol. The minimum Gasteiger partial charge on any atom is -0.473 e. The number of thiocarbonyl (C=S) groups is 1. The second-order valence-corrected chi connectivity index (χ2v) is 4.03. The first-order valence-electron chi connectivity index (χ1n) is 5.56. The maximum absolute atomic E-state index is 9.10. The van der Waals surface area contributed by atoms with Crippen LogP contribution in [0, 0.1) is 0 Å². The Morgan fingerprint density at radius 2 is 1.62 bits per heavy atom. The van der Waals surface area contributed by atoms with Gasteiger partial charge in [0.25, 0.3) is 0 Å². The predicted octanol–water partition coefficient (Wildman–Crippen LogP) is 0.933. The first kappa shape index (κ1) is 16.2. The number of nitrogens with zero attached hydrogens (tertiary/aromatic N) is 2. The zero-order valence-corrected chi connectivity index (χ0v) is 11.4. The van der Waals surface area contributed by atoms with Crippen molar-refractivity contribution in [3.63, 3.8) is 0 Å². The summed E-state index contributed by atoms with van der Waals surface area (Å²) in [5, 5.41) is 14.8. The molecule has 0 aromatic carbocycles. The van der Waals surface area contributed by atoms with Crippen LogP contribution in [0.15, 0.2) is 42.7 Å². The van der Waals surface area contributed by atoms with Crippen LogP contribution in [0.5, 0.6) is 0 Å². The van der Waals surface area contributed by atoms with Gasteiger partial charge in [-0.05, 0) is 24.3 Å². The zero-order valence-electron chi connectivity index (χ0n) is 10.6. The van der Waals surface area contributed by atoms with Gasteiger partial charge in [0.1, 0.15) is 10.7 Å². The van der Waals surface area contributed by atoms with Crippen molar-refractivity contribution < 1.29 is 19.8 Å². The quantitative estimate of drug-likeness (QED) is 0.552. The summed E-state index contributed by atoms with van der Waals surface area (Å²) < 4.78 is 0. The molecule has 0 bridgehead atoms. The summed E-state index contributed by atoms with van der Waals surface area (Å²) in [7, 11) is 0. The van der Waals surface area contributed by atoms with E-state index in [0.29, 0.717) is 5.69 Å². The van der Waals surface area contributed by atoms with Crippen molar-refractivity contribution in [1.82, 2.24) is 9.97 Å². The number of pyridine rings is 2. The lowest BCUT2D eigenvalue weighted by Gasteiger charge is -2.05. The van der Waals surface area contributed by atoms with Gasteiger partial charge >= 0.3 is 11.9 Å². The fraction of sp³-hybridized carbons (Fsp3) is 0. The monoisotopic (exact) mass is 305 g/mol. The molecule has 0 aliphatic rings. The van der Waals surface area contributed by atoms with Gasteiger partial charge in [-0.2, -0.15) is 0 Å². The molecule has 0 atom stereocenters. The van der Waals surface area contributed by atoms with E-state index < -0.39 is 11.9 Å². The summed E-state index contributed by atoms with van der Waals surface area (Å²) in [6.45, 7) is 0. The molecule has 0 unspecified atom stereocenters. The molecular weight excluding hydrogens is 294 g/mol. The fourth-order valence-corrected chi connectivity index (χ4v) is 1.49. The van der Waals surface area contributed by atoms with Gasteiger partial charge in [0, 0.05) is 18.0 Å². The van der Waals surface area contributed by atoms with Gasteiger partial charge < -0.3 is 15.9 Å². The first-order chi connectivity index (χ1) is 9.93. The topological polar surface area (TPSA) is 126 Å². The third-order valence-electron chi connectivity index (χ3n) is 2.16. The van der Waals surface area contributed by atoms with Crippen LogP contribution in [-0.4, -0.2) is 37.1 Å². The van der Waals surface area contributed by atoms with Crippen LogP contribution in [0.4, 0.5) is 0 Å². The molecule has 0 aliphatic carbocycles. The molecule has 0 amide bonds. The van der Waals surface area contributed by atoms with Crippen molar-refractivity contribution in [3.05, 3.63) is 48.4 Å². The van der Waals surface area contributed by atoms with Gasteiger partial charge in [-0.15, -0.1) is 0 Å². The Kier molecular flexibility index (Phi) is 5.90. The van der Waals surface area contributed by atoms with E-state index in [-0.39, 0.29) is 4.99 Å². The molecule has 108 valence electrons. The van der Waals surface area contributed by atoms with Crippen molar-refractivity contribution in [1.29, 1.82) is 0 Å². The van der Waals surface area contributed by atoms with E-state index in [1.807, 2.05) is 30.3 Å². The minimum absolute atomic E-state index is 0.288. The number of hydrogen-bond acceptors (Lipinski definition) is 5. The second-order valence-electron chi connectivity index (χ2n) is 3.59. The number of carboxylic acid groups (broad SMARTS) is 2. The van der Waals surface area contributed by atoms with Crippen molar-refractivity contribution in [2.45, 2.75) is 0 Å². The molecular formula is C13H11N3O4S. The zero-order chi connectivity index (χ0) is 15.8. The summed E-state index contributed by atoms with van der Waals surface area (Å²) >= 11 is 4.94. The minimum atomic E-state index is -1.82. The highest BCUT2D eigenvalue weighted by atomic mass is 32.1. The van der Waals surface area contributed by atoms with E-state index in [0.717, 1.165) is 11.3 Å². The largest absolute Gasteiger partial charge is 0.473 e. The SMILES string of the molecule is NC(=S)c1ncccc1-c1ccccn1.O=C(O)C(=O)O. The normalized spacial score (nSPS) is 9.14. The Bertz CT molecular complexity index is 649. The summed E-state index contributed by atoms with van der Waals surface area (Å²) in [6.07, 6.45) is 3.40. The summed E-state index contributed by atoms with van der Waals surface area (Å²) in [6, 6.07) is 9.42. The van der Waals surface area contributed by atoms with Gasteiger partial charge in [0.2, 0.25) is 0 Å². The fourth-order valence-electron chi connectivity index (χ4n) is 1.33. The van der Waals surface area contributed by atoms with Crippen LogP contribution in [0.1, 0.15) is 5.69 Å².